The van der Waals surface area contributed by atoms with Crippen LogP contribution in [0.4, 0.5) is 17.1 Å². The summed E-state index contributed by atoms with van der Waals surface area (Å²) in [7, 11) is 0. The largest absolute Gasteiger partial charge is 0.310 e. The number of hydrogen-bond donors (Lipinski definition) is 0. The Labute approximate surface area is 251 Å². The minimum Gasteiger partial charge on any atom is -0.310 e. The van der Waals surface area contributed by atoms with Gasteiger partial charge in [0.2, 0.25) is 0 Å². The maximum absolute atomic E-state index is 2.40. The van der Waals surface area contributed by atoms with Gasteiger partial charge >= 0.3 is 0 Å². The fraction of sp³-hybridized carbons (Fsp3) is 0. The van der Waals surface area contributed by atoms with Gasteiger partial charge in [0.25, 0.3) is 0 Å². The SMILES string of the molecule is c1ccc(-c2ccc(N(c3ccc4c5ccccc5c5ccccc5c4c3)c3ccccc3-c3ccccc3)cc2)cc1. The summed E-state index contributed by atoms with van der Waals surface area (Å²) in [6, 6.07) is 63.4. The average molecular weight is 548 g/mol. The van der Waals surface area contributed by atoms with E-state index in [4.69, 9.17) is 0 Å². The zero-order valence-electron chi connectivity index (χ0n) is 23.7. The third-order valence-corrected chi connectivity index (χ3v) is 8.45. The molecule has 8 aromatic rings. The third kappa shape index (κ3) is 4.43. The standard InChI is InChI=1S/C42H29N/c1-3-13-30(14-4-1)31-23-25-33(26-24-31)43(42-22-12-11-17-35(42)32-15-5-2-6-16-32)34-27-28-40-38-20-8-7-18-36(38)37-19-9-10-21-39(37)41(40)29-34/h1-29H. The van der Waals surface area contributed by atoms with Gasteiger partial charge in [-0.3, -0.25) is 0 Å². The van der Waals surface area contributed by atoms with Crippen LogP contribution in [-0.4, -0.2) is 0 Å². The minimum atomic E-state index is 1.12. The molecule has 0 heterocycles. The molecule has 0 unspecified atom stereocenters. The molecule has 0 radical (unpaired) electrons. The van der Waals surface area contributed by atoms with E-state index in [0.29, 0.717) is 0 Å². The van der Waals surface area contributed by atoms with Gasteiger partial charge in [0, 0.05) is 16.9 Å². The molecule has 0 aliphatic rings. The van der Waals surface area contributed by atoms with Crippen LogP contribution in [0.15, 0.2) is 176 Å². The van der Waals surface area contributed by atoms with Gasteiger partial charge in [-0.2, -0.15) is 0 Å². The second kappa shape index (κ2) is 10.6. The van der Waals surface area contributed by atoms with Crippen molar-refractivity contribution in [3.63, 3.8) is 0 Å². The summed E-state index contributed by atoms with van der Waals surface area (Å²) in [5.74, 6) is 0. The van der Waals surface area contributed by atoms with E-state index in [2.05, 4.69) is 181 Å². The Morgan fingerprint density at radius 3 is 1.35 bits per heavy atom. The van der Waals surface area contributed by atoms with Gasteiger partial charge in [0.1, 0.15) is 0 Å². The lowest BCUT2D eigenvalue weighted by Crippen LogP contribution is -2.11. The van der Waals surface area contributed by atoms with Gasteiger partial charge in [-0.15, -0.1) is 0 Å². The molecule has 0 aliphatic carbocycles. The molecule has 1 nitrogen and oxygen atoms in total. The lowest BCUT2D eigenvalue weighted by atomic mass is 9.93. The number of rotatable bonds is 5. The maximum atomic E-state index is 2.40. The Morgan fingerprint density at radius 1 is 0.279 bits per heavy atom. The molecular weight excluding hydrogens is 518 g/mol. The third-order valence-electron chi connectivity index (χ3n) is 8.45. The topological polar surface area (TPSA) is 3.24 Å². The number of fused-ring (bicyclic) bond motifs is 6. The van der Waals surface area contributed by atoms with Crippen molar-refractivity contribution in [3.8, 4) is 22.3 Å². The van der Waals surface area contributed by atoms with Crippen LogP contribution in [0.1, 0.15) is 0 Å². The van der Waals surface area contributed by atoms with Crippen molar-refractivity contribution in [3.05, 3.63) is 176 Å². The molecule has 0 atom stereocenters. The minimum absolute atomic E-state index is 1.12. The summed E-state index contributed by atoms with van der Waals surface area (Å²) in [4.78, 5) is 2.40. The molecule has 0 aromatic heterocycles. The highest BCUT2D eigenvalue weighted by Gasteiger charge is 2.18. The summed E-state index contributed by atoms with van der Waals surface area (Å²) in [5, 5.41) is 7.66. The first-order chi connectivity index (χ1) is 21.3. The van der Waals surface area contributed by atoms with Crippen molar-refractivity contribution in [2.24, 2.45) is 0 Å². The van der Waals surface area contributed by atoms with Crippen LogP contribution in [0.5, 0.6) is 0 Å². The summed E-state index contributed by atoms with van der Waals surface area (Å²) in [6.07, 6.45) is 0. The van der Waals surface area contributed by atoms with Crippen LogP contribution < -0.4 is 4.90 Å². The van der Waals surface area contributed by atoms with E-state index >= 15 is 0 Å². The first kappa shape index (κ1) is 25.1. The average Bonchev–Trinajstić information content (AvgIpc) is 3.10. The Kier molecular flexibility index (Phi) is 6.20. The Balaban J connectivity index is 1.38. The number of hydrogen-bond acceptors (Lipinski definition) is 1. The summed E-state index contributed by atoms with van der Waals surface area (Å²) < 4.78 is 0. The molecule has 0 spiro atoms. The van der Waals surface area contributed by atoms with Crippen LogP contribution >= 0.6 is 0 Å². The van der Waals surface area contributed by atoms with Crippen molar-refractivity contribution in [2.75, 3.05) is 4.90 Å². The molecule has 202 valence electrons. The smallest absolute Gasteiger partial charge is 0.0540 e. The zero-order valence-corrected chi connectivity index (χ0v) is 23.7. The molecular formula is C42H29N. The van der Waals surface area contributed by atoms with Gasteiger partial charge in [-0.05, 0) is 79.3 Å². The van der Waals surface area contributed by atoms with Gasteiger partial charge in [-0.25, -0.2) is 0 Å². The van der Waals surface area contributed by atoms with Crippen LogP contribution in [0, 0.1) is 0 Å². The number of benzene rings is 8. The first-order valence-corrected chi connectivity index (χ1v) is 14.8. The highest BCUT2D eigenvalue weighted by Crippen LogP contribution is 2.44. The lowest BCUT2D eigenvalue weighted by molar-refractivity contribution is 1.29. The van der Waals surface area contributed by atoms with Gasteiger partial charge in [0.05, 0.1) is 5.69 Å². The van der Waals surface area contributed by atoms with Crippen LogP contribution in [-0.2, 0) is 0 Å². The van der Waals surface area contributed by atoms with E-state index in [1.807, 2.05) is 0 Å². The summed E-state index contributed by atoms with van der Waals surface area (Å²) in [5.41, 5.74) is 8.20. The van der Waals surface area contributed by atoms with Gasteiger partial charge in [-0.1, -0.05) is 146 Å². The predicted molar refractivity (Wildman–Crippen MR) is 185 cm³/mol. The van der Waals surface area contributed by atoms with Crippen molar-refractivity contribution in [2.45, 2.75) is 0 Å². The molecule has 0 N–H and O–H groups in total. The molecule has 1 heteroatoms. The molecule has 0 aliphatic heterocycles. The van der Waals surface area contributed by atoms with E-state index in [0.717, 1.165) is 17.1 Å². The fourth-order valence-electron chi connectivity index (χ4n) is 6.43. The number of anilines is 3. The fourth-order valence-corrected chi connectivity index (χ4v) is 6.43. The molecule has 0 saturated carbocycles. The monoisotopic (exact) mass is 547 g/mol. The predicted octanol–water partition coefficient (Wildman–Crippen LogP) is 11.9. The molecule has 8 rings (SSSR count). The number of para-hydroxylation sites is 1. The normalized spacial score (nSPS) is 11.3. The van der Waals surface area contributed by atoms with Crippen molar-refractivity contribution < 1.29 is 0 Å². The summed E-state index contributed by atoms with van der Waals surface area (Å²) in [6.45, 7) is 0. The quantitative estimate of drug-likeness (QED) is 0.194. The summed E-state index contributed by atoms with van der Waals surface area (Å²) >= 11 is 0. The highest BCUT2D eigenvalue weighted by molar-refractivity contribution is 6.25. The Morgan fingerprint density at radius 2 is 0.721 bits per heavy atom. The zero-order chi connectivity index (χ0) is 28.6. The first-order valence-electron chi connectivity index (χ1n) is 14.8. The second-order valence-corrected chi connectivity index (χ2v) is 11.0. The number of nitrogens with zero attached hydrogens (tertiary/aromatic N) is 1. The van der Waals surface area contributed by atoms with Crippen LogP contribution in [0.3, 0.4) is 0 Å². The highest BCUT2D eigenvalue weighted by atomic mass is 15.1. The van der Waals surface area contributed by atoms with Crippen LogP contribution in [0.2, 0.25) is 0 Å². The van der Waals surface area contributed by atoms with E-state index in [-0.39, 0.29) is 0 Å². The molecule has 0 amide bonds. The molecule has 0 saturated heterocycles. The van der Waals surface area contributed by atoms with Gasteiger partial charge in [0.15, 0.2) is 0 Å². The van der Waals surface area contributed by atoms with Crippen molar-refractivity contribution in [1.29, 1.82) is 0 Å². The van der Waals surface area contributed by atoms with E-state index in [9.17, 15) is 0 Å². The van der Waals surface area contributed by atoms with Crippen molar-refractivity contribution >= 4 is 49.4 Å². The Bertz CT molecular complexity index is 2180. The van der Waals surface area contributed by atoms with Crippen molar-refractivity contribution in [1.82, 2.24) is 0 Å². The molecule has 8 aromatic carbocycles. The van der Waals surface area contributed by atoms with E-state index < -0.39 is 0 Å². The molecule has 43 heavy (non-hydrogen) atoms. The van der Waals surface area contributed by atoms with E-state index in [1.54, 1.807) is 0 Å². The Hall–Kier alpha value is -5.66. The van der Waals surface area contributed by atoms with Crippen LogP contribution in [0.25, 0.3) is 54.6 Å². The lowest BCUT2D eigenvalue weighted by Gasteiger charge is -2.28. The molecule has 0 fully saturated rings. The molecule has 0 bridgehead atoms. The van der Waals surface area contributed by atoms with Gasteiger partial charge < -0.3 is 4.90 Å². The van der Waals surface area contributed by atoms with E-state index in [1.165, 1.54) is 54.6 Å². The maximum Gasteiger partial charge on any atom is 0.0540 e. The second-order valence-electron chi connectivity index (χ2n) is 11.0.